The molecule has 1 atom stereocenters. The number of esters is 1. The highest BCUT2D eigenvalue weighted by atomic mass is 79.9. The summed E-state index contributed by atoms with van der Waals surface area (Å²) in [6, 6.07) is 3.64. The third-order valence-electron chi connectivity index (χ3n) is 2.25. The molecule has 0 radical (unpaired) electrons. The van der Waals surface area contributed by atoms with Crippen molar-refractivity contribution in [1.82, 2.24) is 0 Å². The van der Waals surface area contributed by atoms with Gasteiger partial charge in [-0.3, -0.25) is 0 Å². The summed E-state index contributed by atoms with van der Waals surface area (Å²) in [6.07, 6.45) is 0. The highest BCUT2D eigenvalue weighted by Gasteiger charge is 2.18. The maximum absolute atomic E-state index is 11.5. The van der Waals surface area contributed by atoms with Gasteiger partial charge < -0.3 is 4.74 Å². The zero-order valence-corrected chi connectivity index (χ0v) is 12.0. The van der Waals surface area contributed by atoms with Gasteiger partial charge in [0, 0.05) is 9.30 Å². The van der Waals surface area contributed by atoms with Crippen molar-refractivity contribution < 1.29 is 9.53 Å². The lowest BCUT2D eigenvalue weighted by atomic mass is 10.00. The first kappa shape index (κ1) is 12.7. The molecule has 0 fully saturated rings. The largest absolute Gasteiger partial charge is 0.465 e. The lowest BCUT2D eigenvalue weighted by molar-refractivity contribution is 0.0599. The summed E-state index contributed by atoms with van der Waals surface area (Å²) < 4.78 is 5.74. The van der Waals surface area contributed by atoms with Crippen LogP contribution in [0.2, 0.25) is 0 Å². The van der Waals surface area contributed by atoms with Crippen molar-refractivity contribution in [2.24, 2.45) is 0 Å². The molecule has 0 bridgehead atoms. The third-order valence-corrected chi connectivity index (χ3v) is 3.57. The van der Waals surface area contributed by atoms with E-state index in [1.807, 2.05) is 19.9 Å². The van der Waals surface area contributed by atoms with Gasteiger partial charge in [-0.2, -0.15) is 0 Å². The number of carbonyl (C=O) groups excluding carboxylic acids is 1. The molecular formula is C11H12Br2O2. The third kappa shape index (κ3) is 2.61. The Kier molecular flexibility index (Phi) is 4.34. The van der Waals surface area contributed by atoms with E-state index in [1.54, 1.807) is 6.07 Å². The van der Waals surface area contributed by atoms with Crippen molar-refractivity contribution in [3.05, 3.63) is 33.3 Å². The minimum atomic E-state index is -0.299. The van der Waals surface area contributed by atoms with Crippen molar-refractivity contribution in [2.75, 3.05) is 7.11 Å². The molecule has 15 heavy (non-hydrogen) atoms. The Bertz CT molecular complexity index is 386. The second-order valence-corrected chi connectivity index (χ2v) is 5.47. The van der Waals surface area contributed by atoms with Gasteiger partial charge in [0.25, 0.3) is 0 Å². The Morgan fingerprint density at radius 3 is 2.53 bits per heavy atom. The van der Waals surface area contributed by atoms with Crippen molar-refractivity contribution in [3.8, 4) is 0 Å². The van der Waals surface area contributed by atoms with Crippen LogP contribution < -0.4 is 0 Å². The molecule has 0 aromatic heterocycles. The lowest BCUT2D eigenvalue weighted by Crippen LogP contribution is -2.08. The Balaban J connectivity index is 3.40. The van der Waals surface area contributed by atoms with E-state index in [4.69, 9.17) is 4.74 Å². The van der Waals surface area contributed by atoms with Gasteiger partial charge >= 0.3 is 5.97 Å². The Morgan fingerprint density at radius 2 is 2.07 bits per heavy atom. The second kappa shape index (κ2) is 5.12. The zero-order chi connectivity index (χ0) is 11.6. The van der Waals surface area contributed by atoms with Crippen LogP contribution in [0.15, 0.2) is 16.6 Å². The monoisotopic (exact) mass is 334 g/mol. The molecule has 0 aliphatic heterocycles. The maximum atomic E-state index is 11.5. The smallest absolute Gasteiger partial charge is 0.338 e. The number of methoxy groups -OCH3 is 1. The van der Waals surface area contributed by atoms with E-state index in [2.05, 4.69) is 31.9 Å². The molecule has 1 rings (SSSR count). The molecule has 0 aliphatic carbocycles. The fourth-order valence-corrected chi connectivity index (χ4v) is 2.44. The number of halogens is 2. The van der Waals surface area contributed by atoms with Crippen LogP contribution in [0, 0.1) is 6.92 Å². The first-order valence-electron chi connectivity index (χ1n) is 4.50. The van der Waals surface area contributed by atoms with Crippen LogP contribution in [0.3, 0.4) is 0 Å². The predicted octanol–water partition coefficient (Wildman–Crippen LogP) is 4.00. The Morgan fingerprint density at radius 1 is 1.47 bits per heavy atom. The number of alkyl halides is 1. The number of hydrogen-bond donors (Lipinski definition) is 0. The lowest BCUT2D eigenvalue weighted by Gasteiger charge is -2.14. The summed E-state index contributed by atoms with van der Waals surface area (Å²) in [6.45, 7) is 3.96. The first-order valence-corrected chi connectivity index (χ1v) is 6.21. The molecule has 0 saturated heterocycles. The summed E-state index contributed by atoms with van der Waals surface area (Å²) >= 11 is 6.93. The fraction of sp³-hybridized carbons (Fsp3) is 0.364. The minimum absolute atomic E-state index is 0.115. The van der Waals surface area contributed by atoms with Gasteiger partial charge in [0.1, 0.15) is 0 Å². The molecule has 0 heterocycles. The molecule has 0 N–H and O–H groups in total. The van der Waals surface area contributed by atoms with E-state index < -0.39 is 0 Å². The molecule has 1 unspecified atom stereocenters. The standard InChI is InChI=1S/C11H12Br2O2/c1-6-9(13)5-4-8(11(14)15-3)10(6)7(2)12/h4-5,7H,1-3H3. The van der Waals surface area contributed by atoms with Crippen molar-refractivity contribution >= 4 is 37.8 Å². The van der Waals surface area contributed by atoms with Gasteiger partial charge in [-0.1, -0.05) is 31.9 Å². The molecule has 4 heteroatoms. The van der Waals surface area contributed by atoms with Crippen LogP contribution in [-0.4, -0.2) is 13.1 Å². The molecule has 82 valence electrons. The number of benzene rings is 1. The summed E-state index contributed by atoms with van der Waals surface area (Å²) in [5.41, 5.74) is 2.64. The van der Waals surface area contributed by atoms with Crippen LogP contribution in [0.1, 0.15) is 33.2 Å². The van der Waals surface area contributed by atoms with Gasteiger partial charge in [0.15, 0.2) is 0 Å². The fourth-order valence-electron chi connectivity index (χ4n) is 1.50. The summed E-state index contributed by atoms with van der Waals surface area (Å²) in [7, 11) is 1.39. The zero-order valence-electron chi connectivity index (χ0n) is 8.80. The Hall–Kier alpha value is -0.350. The predicted molar refractivity (Wildman–Crippen MR) is 67.6 cm³/mol. The van der Waals surface area contributed by atoms with Gasteiger partial charge in [0.2, 0.25) is 0 Å². The number of hydrogen-bond acceptors (Lipinski definition) is 2. The molecule has 0 amide bonds. The number of carbonyl (C=O) groups is 1. The molecule has 2 nitrogen and oxygen atoms in total. The van der Waals surface area contributed by atoms with E-state index >= 15 is 0 Å². The van der Waals surface area contributed by atoms with E-state index in [0.717, 1.165) is 15.6 Å². The molecular weight excluding hydrogens is 324 g/mol. The van der Waals surface area contributed by atoms with E-state index in [9.17, 15) is 4.79 Å². The second-order valence-electron chi connectivity index (χ2n) is 3.24. The van der Waals surface area contributed by atoms with Crippen LogP contribution in [0.4, 0.5) is 0 Å². The van der Waals surface area contributed by atoms with Crippen LogP contribution >= 0.6 is 31.9 Å². The van der Waals surface area contributed by atoms with Crippen molar-refractivity contribution in [2.45, 2.75) is 18.7 Å². The van der Waals surface area contributed by atoms with Gasteiger partial charge in [0.05, 0.1) is 12.7 Å². The van der Waals surface area contributed by atoms with Crippen LogP contribution in [0.5, 0.6) is 0 Å². The van der Waals surface area contributed by atoms with Crippen LogP contribution in [0.25, 0.3) is 0 Å². The SMILES string of the molecule is COC(=O)c1ccc(Br)c(C)c1C(C)Br. The first-order chi connectivity index (χ1) is 6.99. The topological polar surface area (TPSA) is 26.3 Å². The highest BCUT2D eigenvalue weighted by molar-refractivity contribution is 9.10. The molecule has 0 aliphatic rings. The van der Waals surface area contributed by atoms with Crippen LogP contribution in [-0.2, 0) is 4.74 Å². The summed E-state index contributed by atoms with van der Waals surface area (Å²) in [4.78, 5) is 11.7. The van der Waals surface area contributed by atoms with E-state index in [1.165, 1.54) is 7.11 Å². The number of ether oxygens (including phenoxy) is 1. The quantitative estimate of drug-likeness (QED) is 0.603. The minimum Gasteiger partial charge on any atom is -0.465 e. The molecule has 1 aromatic carbocycles. The average molecular weight is 336 g/mol. The normalized spacial score (nSPS) is 12.3. The average Bonchev–Trinajstić information content (AvgIpc) is 2.20. The van der Waals surface area contributed by atoms with E-state index in [0.29, 0.717) is 5.56 Å². The Labute approximate surface area is 106 Å². The molecule has 1 aromatic rings. The summed E-state index contributed by atoms with van der Waals surface area (Å²) in [5.74, 6) is -0.299. The summed E-state index contributed by atoms with van der Waals surface area (Å²) in [5, 5.41) is 0. The number of rotatable bonds is 2. The maximum Gasteiger partial charge on any atom is 0.338 e. The van der Waals surface area contributed by atoms with Gasteiger partial charge in [-0.15, -0.1) is 0 Å². The van der Waals surface area contributed by atoms with Gasteiger partial charge in [-0.05, 0) is 37.1 Å². The van der Waals surface area contributed by atoms with Crippen molar-refractivity contribution in [1.29, 1.82) is 0 Å². The highest BCUT2D eigenvalue weighted by Crippen LogP contribution is 2.32. The van der Waals surface area contributed by atoms with Crippen molar-refractivity contribution in [3.63, 3.8) is 0 Å². The molecule has 0 saturated carbocycles. The van der Waals surface area contributed by atoms with Gasteiger partial charge in [-0.25, -0.2) is 4.79 Å². The molecule has 0 spiro atoms. The van der Waals surface area contributed by atoms with E-state index in [-0.39, 0.29) is 10.8 Å².